The smallest absolute Gasteiger partial charge is 0.250 e. The molecule has 2 N–H and O–H groups in total. The summed E-state index contributed by atoms with van der Waals surface area (Å²) in [6.07, 6.45) is 5.05. The number of benzene rings is 1. The fourth-order valence-electron chi connectivity index (χ4n) is 2.11. The van der Waals surface area contributed by atoms with Gasteiger partial charge in [-0.25, -0.2) is 9.97 Å². The Balaban J connectivity index is 1.71. The van der Waals surface area contributed by atoms with Crippen molar-refractivity contribution in [3.8, 4) is 0 Å². The van der Waals surface area contributed by atoms with E-state index in [0.717, 1.165) is 33.1 Å². The monoisotopic (exact) mass is 339 g/mol. The van der Waals surface area contributed by atoms with E-state index in [-0.39, 0.29) is 5.91 Å². The second kappa shape index (κ2) is 7.27. The summed E-state index contributed by atoms with van der Waals surface area (Å²) in [5, 5.41) is 11.5. The van der Waals surface area contributed by atoms with Gasteiger partial charge in [0.15, 0.2) is 5.65 Å². The Morgan fingerprint density at radius 2 is 2.25 bits per heavy atom. The number of hydrogen-bond donors (Lipinski definition) is 2. The molecule has 2 aromatic heterocycles. The van der Waals surface area contributed by atoms with Crippen LogP contribution in [0.15, 0.2) is 53.5 Å². The normalized spacial score (nSPS) is 11.7. The van der Waals surface area contributed by atoms with Crippen molar-refractivity contribution in [2.75, 3.05) is 5.32 Å². The first kappa shape index (κ1) is 16.2. The maximum absolute atomic E-state index is 11.9. The number of allylic oxidation sites excluding steroid dienone is 1. The van der Waals surface area contributed by atoms with E-state index in [9.17, 15) is 4.79 Å². The maximum atomic E-state index is 11.9. The van der Waals surface area contributed by atoms with Crippen molar-refractivity contribution < 1.29 is 4.79 Å². The molecule has 6 nitrogen and oxygen atoms in total. The highest BCUT2D eigenvalue weighted by molar-refractivity contribution is 7.98. The minimum absolute atomic E-state index is 0.0850. The van der Waals surface area contributed by atoms with Crippen LogP contribution in [0.2, 0.25) is 0 Å². The minimum Gasteiger partial charge on any atom is -0.322 e. The number of fused-ring (bicyclic) bond motifs is 1. The molecule has 3 aromatic rings. The van der Waals surface area contributed by atoms with E-state index in [2.05, 4.69) is 25.5 Å². The van der Waals surface area contributed by atoms with Gasteiger partial charge in [-0.1, -0.05) is 18.2 Å². The molecule has 0 bridgehead atoms. The van der Waals surface area contributed by atoms with Gasteiger partial charge in [0.2, 0.25) is 0 Å². The number of aromatic nitrogens is 4. The number of carbonyl (C=O) groups excluding carboxylic acids is 1. The SMILES string of the molecule is C/C=C(\C)C(=O)Nc1cccc(CSc2ncnc3[nH]ncc23)c1. The van der Waals surface area contributed by atoms with Gasteiger partial charge in [-0.05, 0) is 31.5 Å². The lowest BCUT2D eigenvalue weighted by atomic mass is 10.2. The van der Waals surface area contributed by atoms with Gasteiger partial charge < -0.3 is 5.32 Å². The molecule has 1 aromatic carbocycles. The predicted octanol–water partition coefficient (Wildman–Crippen LogP) is 3.55. The Bertz CT molecular complexity index is 903. The molecule has 0 saturated carbocycles. The molecular formula is C17H17N5OS. The van der Waals surface area contributed by atoms with E-state index in [1.165, 1.54) is 6.33 Å². The average molecular weight is 339 g/mol. The largest absolute Gasteiger partial charge is 0.322 e. The molecule has 2 heterocycles. The van der Waals surface area contributed by atoms with Gasteiger partial charge in [0.25, 0.3) is 5.91 Å². The molecule has 0 aliphatic heterocycles. The van der Waals surface area contributed by atoms with Crippen molar-refractivity contribution in [3.05, 3.63) is 54.0 Å². The predicted molar refractivity (Wildman–Crippen MR) is 95.7 cm³/mol. The Morgan fingerprint density at radius 1 is 1.38 bits per heavy atom. The van der Waals surface area contributed by atoms with Gasteiger partial charge in [-0.3, -0.25) is 9.89 Å². The third kappa shape index (κ3) is 3.62. The molecule has 0 saturated heterocycles. The summed E-state index contributed by atoms with van der Waals surface area (Å²) in [7, 11) is 0. The van der Waals surface area contributed by atoms with Crippen LogP contribution in [0.5, 0.6) is 0 Å². The highest BCUT2D eigenvalue weighted by Crippen LogP contribution is 2.27. The van der Waals surface area contributed by atoms with Gasteiger partial charge >= 0.3 is 0 Å². The van der Waals surface area contributed by atoms with E-state index >= 15 is 0 Å². The number of amides is 1. The van der Waals surface area contributed by atoms with Crippen LogP contribution >= 0.6 is 11.8 Å². The van der Waals surface area contributed by atoms with Crippen LogP contribution in [0.3, 0.4) is 0 Å². The molecule has 1 amide bonds. The summed E-state index contributed by atoms with van der Waals surface area (Å²) >= 11 is 1.61. The summed E-state index contributed by atoms with van der Waals surface area (Å²) in [4.78, 5) is 20.4. The quantitative estimate of drug-likeness (QED) is 0.422. The maximum Gasteiger partial charge on any atom is 0.250 e. The highest BCUT2D eigenvalue weighted by atomic mass is 32.2. The van der Waals surface area contributed by atoms with Gasteiger partial charge in [-0.2, -0.15) is 5.10 Å². The molecular weight excluding hydrogens is 322 g/mol. The molecule has 24 heavy (non-hydrogen) atoms. The molecule has 7 heteroatoms. The highest BCUT2D eigenvalue weighted by Gasteiger charge is 2.08. The van der Waals surface area contributed by atoms with Crippen LogP contribution in [0, 0.1) is 0 Å². The number of nitrogens with zero attached hydrogens (tertiary/aromatic N) is 3. The van der Waals surface area contributed by atoms with Crippen molar-refractivity contribution in [2.45, 2.75) is 24.6 Å². The summed E-state index contributed by atoms with van der Waals surface area (Å²) in [6, 6.07) is 7.82. The first-order valence-electron chi connectivity index (χ1n) is 7.47. The first-order valence-corrected chi connectivity index (χ1v) is 8.46. The van der Waals surface area contributed by atoms with E-state index in [1.807, 2.05) is 31.2 Å². The molecule has 0 unspecified atom stereocenters. The van der Waals surface area contributed by atoms with Crippen LogP contribution in [-0.2, 0) is 10.5 Å². The number of H-pyrrole nitrogens is 1. The van der Waals surface area contributed by atoms with Crippen LogP contribution in [-0.4, -0.2) is 26.1 Å². The van der Waals surface area contributed by atoms with E-state index in [0.29, 0.717) is 5.57 Å². The van der Waals surface area contributed by atoms with Crippen molar-refractivity contribution in [1.82, 2.24) is 20.2 Å². The lowest BCUT2D eigenvalue weighted by Crippen LogP contribution is -2.12. The van der Waals surface area contributed by atoms with E-state index in [4.69, 9.17) is 0 Å². The third-order valence-corrected chi connectivity index (χ3v) is 4.64. The van der Waals surface area contributed by atoms with Gasteiger partial charge in [0, 0.05) is 17.0 Å². The lowest BCUT2D eigenvalue weighted by molar-refractivity contribution is -0.112. The summed E-state index contributed by atoms with van der Waals surface area (Å²) < 4.78 is 0. The Morgan fingerprint density at radius 3 is 3.08 bits per heavy atom. The first-order chi connectivity index (χ1) is 11.7. The Kier molecular flexibility index (Phi) is 4.90. The molecule has 0 atom stereocenters. The van der Waals surface area contributed by atoms with Crippen LogP contribution in [0.25, 0.3) is 11.0 Å². The zero-order chi connectivity index (χ0) is 16.9. The van der Waals surface area contributed by atoms with Crippen molar-refractivity contribution in [3.63, 3.8) is 0 Å². The standard InChI is InChI=1S/C17H17N5OS/c1-3-11(2)16(23)21-13-6-4-5-12(7-13)9-24-17-14-8-20-22-15(14)18-10-19-17/h3-8,10H,9H2,1-2H3,(H,21,23)(H,18,19,20,22)/b11-3+. The number of anilines is 1. The molecule has 0 spiro atoms. The van der Waals surface area contributed by atoms with Gasteiger partial charge in [-0.15, -0.1) is 11.8 Å². The third-order valence-electron chi connectivity index (χ3n) is 3.56. The number of thioether (sulfide) groups is 1. The Hall–Kier alpha value is -2.67. The molecule has 0 radical (unpaired) electrons. The second-order valence-electron chi connectivity index (χ2n) is 5.23. The molecule has 3 rings (SSSR count). The summed E-state index contributed by atoms with van der Waals surface area (Å²) in [5.74, 6) is 0.655. The van der Waals surface area contributed by atoms with E-state index < -0.39 is 0 Å². The zero-order valence-corrected chi connectivity index (χ0v) is 14.2. The van der Waals surface area contributed by atoms with Gasteiger partial charge in [0.05, 0.1) is 11.6 Å². The number of rotatable bonds is 5. The van der Waals surface area contributed by atoms with Crippen molar-refractivity contribution in [1.29, 1.82) is 0 Å². The minimum atomic E-state index is -0.0850. The fraction of sp³-hybridized carbons (Fsp3) is 0.176. The number of aromatic amines is 1. The lowest BCUT2D eigenvalue weighted by Gasteiger charge is -2.07. The summed E-state index contributed by atoms with van der Waals surface area (Å²) in [5.41, 5.74) is 3.31. The number of hydrogen-bond acceptors (Lipinski definition) is 5. The van der Waals surface area contributed by atoms with Crippen molar-refractivity contribution in [2.24, 2.45) is 0 Å². The fourth-order valence-corrected chi connectivity index (χ4v) is 3.02. The van der Waals surface area contributed by atoms with Crippen LogP contribution < -0.4 is 5.32 Å². The molecule has 0 aliphatic rings. The second-order valence-corrected chi connectivity index (χ2v) is 6.19. The molecule has 122 valence electrons. The Labute approximate surface area is 143 Å². The summed E-state index contributed by atoms with van der Waals surface area (Å²) in [6.45, 7) is 3.64. The topological polar surface area (TPSA) is 83.6 Å². The van der Waals surface area contributed by atoms with Crippen molar-refractivity contribution >= 4 is 34.4 Å². The zero-order valence-electron chi connectivity index (χ0n) is 13.4. The van der Waals surface area contributed by atoms with Crippen LogP contribution in [0.1, 0.15) is 19.4 Å². The van der Waals surface area contributed by atoms with E-state index in [1.54, 1.807) is 31.0 Å². The van der Waals surface area contributed by atoms with Crippen LogP contribution in [0.4, 0.5) is 5.69 Å². The molecule has 0 aliphatic carbocycles. The average Bonchev–Trinajstić information content (AvgIpc) is 3.08. The molecule has 0 fully saturated rings. The number of nitrogens with one attached hydrogen (secondary N) is 2. The van der Waals surface area contributed by atoms with Gasteiger partial charge in [0.1, 0.15) is 11.4 Å². The number of carbonyl (C=O) groups is 1.